The van der Waals surface area contributed by atoms with Crippen molar-refractivity contribution in [3.63, 3.8) is 0 Å². The van der Waals surface area contributed by atoms with Crippen LogP contribution in [0, 0.1) is 52.3 Å². The molecule has 1 aromatic rings. The van der Waals surface area contributed by atoms with Gasteiger partial charge in [-0.15, -0.1) is 0 Å². The van der Waals surface area contributed by atoms with Crippen molar-refractivity contribution >= 4 is 0 Å². The van der Waals surface area contributed by atoms with Crippen LogP contribution in [-0.4, -0.2) is 63.2 Å². The molecule has 2 saturated heterocycles. The first-order valence-corrected chi connectivity index (χ1v) is 18.5. The lowest BCUT2D eigenvalue weighted by molar-refractivity contribution is -0.139. The maximum absolute atomic E-state index is 7.04. The van der Waals surface area contributed by atoms with E-state index in [1.807, 2.05) is 12.1 Å². The van der Waals surface area contributed by atoms with E-state index in [1.165, 1.54) is 76.3 Å². The van der Waals surface area contributed by atoms with Crippen LogP contribution in [0.5, 0.6) is 5.75 Å². The van der Waals surface area contributed by atoms with Crippen molar-refractivity contribution in [1.82, 2.24) is 4.90 Å². The van der Waals surface area contributed by atoms with Gasteiger partial charge >= 0.3 is 0 Å². The van der Waals surface area contributed by atoms with Gasteiger partial charge in [-0.25, -0.2) is 0 Å². The lowest BCUT2D eigenvalue weighted by Crippen LogP contribution is -2.54. The van der Waals surface area contributed by atoms with E-state index < -0.39 is 0 Å². The molecule has 4 saturated carbocycles. The molecule has 5 nitrogen and oxygen atoms in total. The van der Waals surface area contributed by atoms with Gasteiger partial charge in [-0.1, -0.05) is 39.8 Å². The molecule has 0 unspecified atom stereocenters. The monoisotopic (exact) mass is 607 g/mol. The minimum Gasteiger partial charge on any atom is -0.497 e. The molecule has 0 radical (unpaired) electrons. The second-order valence-corrected chi connectivity index (χ2v) is 16.7. The van der Waals surface area contributed by atoms with Gasteiger partial charge in [0.05, 0.1) is 45.2 Å². The van der Waals surface area contributed by atoms with Crippen LogP contribution in [0.1, 0.15) is 97.5 Å². The normalized spacial score (nSPS) is 44.3. The number of fused-ring (bicyclic) bond motifs is 7. The van der Waals surface area contributed by atoms with Crippen molar-refractivity contribution in [3.8, 4) is 5.75 Å². The van der Waals surface area contributed by atoms with Gasteiger partial charge in [-0.3, -0.25) is 4.90 Å². The Morgan fingerprint density at radius 2 is 1.73 bits per heavy atom. The molecule has 6 fully saturated rings. The van der Waals surface area contributed by atoms with Crippen LogP contribution in [0.15, 0.2) is 24.3 Å². The van der Waals surface area contributed by atoms with Gasteiger partial charge in [0.25, 0.3) is 0 Å². The van der Waals surface area contributed by atoms with Crippen molar-refractivity contribution in [2.45, 2.75) is 117 Å². The quantitative estimate of drug-likeness (QED) is 0.285. The minimum atomic E-state index is 0.411. The van der Waals surface area contributed by atoms with Crippen LogP contribution in [0.4, 0.5) is 0 Å². The Hall–Kier alpha value is -1.14. The molecule has 44 heavy (non-hydrogen) atoms. The molecule has 0 bridgehead atoms. The molecule has 4 aliphatic carbocycles. The summed E-state index contributed by atoms with van der Waals surface area (Å²) >= 11 is 0. The van der Waals surface area contributed by atoms with E-state index in [2.05, 4.69) is 44.7 Å². The molecule has 5 heteroatoms. The third-order valence-electron chi connectivity index (χ3n) is 14.5. The average Bonchev–Trinajstić information content (AvgIpc) is 3.52. The van der Waals surface area contributed by atoms with Gasteiger partial charge in [0.1, 0.15) is 5.75 Å². The van der Waals surface area contributed by atoms with E-state index in [-0.39, 0.29) is 0 Å². The zero-order chi connectivity index (χ0) is 30.5. The number of rotatable bonds is 9. The second kappa shape index (κ2) is 12.8. The highest BCUT2D eigenvalue weighted by Gasteiger charge is 2.65. The molecule has 0 spiro atoms. The summed E-state index contributed by atoms with van der Waals surface area (Å²) in [5.74, 6) is 6.60. The van der Waals surface area contributed by atoms with E-state index in [4.69, 9.17) is 18.9 Å². The Kier molecular flexibility index (Phi) is 9.16. The van der Waals surface area contributed by atoms with Gasteiger partial charge < -0.3 is 18.9 Å². The molecule has 0 N–H and O–H groups in total. The van der Waals surface area contributed by atoms with Crippen molar-refractivity contribution in [1.29, 1.82) is 0 Å². The number of morpholine rings is 1. The molecule has 2 aliphatic heterocycles. The fraction of sp³-hybridized carbons (Fsp3) is 0.846. The minimum absolute atomic E-state index is 0.411. The molecule has 246 valence electrons. The summed E-state index contributed by atoms with van der Waals surface area (Å²) in [5, 5.41) is 0. The number of hydrogen-bond acceptors (Lipinski definition) is 5. The van der Waals surface area contributed by atoms with E-state index in [0.717, 1.165) is 74.2 Å². The highest BCUT2D eigenvalue weighted by Crippen LogP contribution is 2.70. The topological polar surface area (TPSA) is 40.2 Å². The molecule has 12 atom stereocenters. The van der Waals surface area contributed by atoms with Gasteiger partial charge in [-0.05, 0) is 134 Å². The first-order chi connectivity index (χ1) is 21.3. The Morgan fingerprint density at radius 1 is 0.955 bits per heavy atom. The number of nitrogens with zero attached hydrogens (tertiary/aromatic N) is 1. The summed E-state index contributed by atoms with van der Waals surface area (Å²) in [4.78, 5) is 2.60. The first-order valence-electron chi connectivity index (χ1n) is 18.5. The van der Waals surface area contributed by atoms with E-state index >= 15 is 0 Å². The first kappa shape index (κ1) is 31.5. The largest absolute Gasteiger partial charge is 0.497 e. The van der Waals surface area contributed by atoms with Crippen molar-refractivity contribution in [2.75, 3.05) is 40.0 Å². The molecule has 6 aliphatic rings. The van der Waals surface area contributed by atoms with Gasteiger partial charge in [0.15, 0.2) is 0 Å². The summed E-state index contributed by atoms with van der Waals surface area (Å²) in [5.41, 5.74) is 2.22. The highest BCUT2D eigenvalue weighted by atomic mass is 16.5. The van der Waals surface area contributed by atoms with Gasteiger partial charge in [0, 0.05) is 19.6 Å². The smallest absolute Gasteiger partial charge is 0.118 e. The lowest BCUT2D eigenvalue weighted by Gasteiger charge is -2.61. The lowest BCUT2D eigenvalue weighted by atomic mass is 9.44. The molecular formula is C39H61NO4. The fourth-order valence-corrected chi connectivity index (χ4v) is 12.1. The maximum Gasteiger partial charge on any atom is 0.118 e. The van der Waals surface area contributed by atoms with E-state index in [1.54, 1.807) is 7.11 Å². The number of benzene rings is 1. The predicted octanol–water partition coefficient (Wildman–Crippen LogP) is 8.00. The Morgan fingerprint density at radius 3 is 2.50 bits per heavy atom. The molecule has 0 aromatic heterocycles. The van der Waals surface area contributed by atoms with Gasteiger partial charge in [0.2, 0.25) is 0 Å². The Balaban J connectivity index is 0.935. The van der Waals surface area contributed by atoms with Gasteiger partial charge in [-0.2, -0.15) is 0 Å². The predicted molar refractivity (Wildman–Crippen MR) is 176 cm³/mol. The zero-order valence-electron chi connectivity index (χ0n) is 28.5. The third kappa shape index (κ3) is 5.79. The third-order valence-corrected chi connectivity index (χ3v) is 14.5. The molecule has 7 rings (SSSR count). The molecule has 1 aromatic carbocycles. The van der Waals surface area contributed by atoms with Crippen molar-refractivity contribution in [2.24, 2.45) is 52.3 Å². The summed E-state index contributed by atoms with van der Waals surface area (Å²) < 4.78 is 24.5. The van der Waals surface area contributed by atoms with Crippen LogP contribution in [-0.2, 0) is 20.8 Å². The molecule has 0 amide bonds. The second-order valence-electron chi connectivity index (χ2n) is 16.7. The molecule has 2 heterocycles. The number of ether oxygens (including phenoxy) is 4. The van der Waals surface area contributed by atoms with Crippen LogP contribution in [0.2, 0.25) is 0 Å². The SMILES string of the molecule is COc1ccc(CO[C@H]2CC[C@@]3(C)[C@H](CC[C@@H]4[C@@H]3CC[C@]3(C)[C@H]5[C@H](C)[C@@H](CC[C@H](C)CN6CCOCC6)O[C@H]5C[C@@H]43)C2)cc1. The Bertz CT molecular complexity index is 1100. The number of hydrogen-bond donors (Lipinski definition) is 0. The standard InChI is InChI=1S/C39H61NO4/c1-26(24-40-18-20-42-21-19-40)6-13-35-27(2)37-36(44-35)23-34-32-12-9-29-22-31(43-25-28-7-10-30(41-5)11-8-28)14-16-38(29,3)33(32)15-17-39(34,37)4/h7-8,10-11,26-27,29,31-37H,6,9,12-25H2,1-5H3/t26-,27+,29+,31-,32+,33-,34-,35+,36-,37-,38-,39-/m0/s1. The maximum atomic E-state index is 7.04. The van der Waals surface area contributed by atoms with E-state index in [0.29, 0.717) is 35.1 Å². The Labute approximate surface area is 268 Å². The zero-order valence-corrected chi connectivity index (χ0v) is 28.5. The van der Waals surface area contributed by atoms with Crippen LogP contribution in [0.25, 0.3) is 0 Å². The van der Waals surface area contributed by atoms with E-state index in [9.17, 15) is 0 Å². The number of methoxy groups -OCH3 is 1. The van der Waals surface area contributed by atoms with Crippen molar-refractivity contribution in [3.05, 3.63) is 29.8 Å². The van der Waals surface area contributed by atoms with Crippen molar-refractivity contribution < 1.29 is 18.9 Å². The van der Waals surface area contributed by atoms with Crippen LogP contribution in [0.3, 0.4) is 0 Å². The summed E-state index contributed by atoms with van der Waals surface area (Å²) in [6, 6.07) is 8.39. The summed E-state index contributed by atoms with van der Waals surface area (Å²) in [7, 11) is 1.73. The van der Waals surface area contributed by atoms with Crippen LogP contribution >= 0.6 is 0 Å². The fourth-order valence-electron chi connectivity index (χ4n) is 12.1. The summed E-state index contributed by atoms with van der Waals surface area (Å²) in [6.45, 7) is 16.4. The van der Waals surface area contributed by atoms with Crippen LogP contribution < -0.4 is 4.74 Å². The average molecular weight is 608 g/mol. The summed E-state index contributed by atoms with van der Waals surface area (Å²) in [6.07, 6.45) is 14.8. The highest BCUT2D eigenvalue weighted by molar-refractivity contribution is 5.26. The molecular weight excluding hydrogens is 546 g/mol.